The molecule has 1 rings (SSSR count). The Hall–Kier alpha value is -0.630. The number of alkyl halides is 3. The molecule has 0 aliphatic heterocycles. The third-order valence-corrected chi connectivity index (χ3v) is 3.27. The molecular weight excluding hydrogens is 327 g/mol. The number of benzene rings is 1. The van der Waals surface area contributed by atoms with Gasteiger partial charge in [0.15, 0.2) is 6.10 Å². The van der Waals surface area contributed by atoms with Gasteiger partial charge in [0.2, 0.25) is 0 Å². The lowest BCUT2D eigenvalue weighted by Crippen LogP contribution is -2.41. The third-order valence-electron chi connectivity index (χ3n) is 2.78. The fraction of sp³-hybridized carbons (Fsp3) is 0.500. The first kappa shape index (κ1) is 16.4. The van der Waals surface area contributed by atoms with Gasteiger partial charge in [-0.3, -0.25) is 4.90 Å². The minimum atomic E-state index is -4.66. The molecule has 1 aromatic carbocycles. The average molecular weight is 342 g/mol. The van der Waals surface area contributed by atoms with Gasteiger partial charge in [0, 0.05) is 11.0 Å². The lowest BCUT2D eigenvalue weighted by Gasteiger charge is -2.29. The number of likely N-dealkylation sites (N-methyl/N-ethyl adjacent to an activating group) is 1. The highest BCUT2D eigenvalue weighted by Gasteiger charge is 2.39. The van der Waals surface area contributed by atoms with E-state index in [1.165, 1.54) is 11.9 Å². The molecule has 0 heterocycles. The van der Waals surface area contributed by atoms with E-state index < -0.39 is 24.9 Å². The zero-order valence-electron chi connectivity index (χ0n) is 10.2. The molecule has 108 valence electrons. The maximum Gasteiger partial charge on any atom is 0.415 e. The maximum atomic E-state index is 12.3. The minimum Gasteiger partial charge on any atom is -0.394 e. The van der Waals surface area contributed by atoms with Gasteiger partial charge in [-0.05, 0) is 24.7 Å². The molecule has 0 saturated heterocycles. The molecule has 2 atom stereocenters. The molecule has 0 unspecified atom stereocenters. The molecule has 7 heteroatoms. The van der Waals surface area contributed by atoms with Crippen molar-refractivity contribution in [2.24, 2.45) is 0 Å². The summed E-state index contributed by atoms with van der Waals surface area (Å²) < 4.78 is 37.7. The third kappa shape index (κ3) is 4.76. The largest absolute Gasteiger partial charge is 0.415 e. The van der Waals surface area contributed by atoms with E-state index in [1.54, 1.807) is 24.3 Å². The predicted molar refractivity (Wildman–Crippen MR) is 68.7 cm³/mol. The summed E-state index contributed by atoms with van der Waals surface area (Å²) in [5.41, 5.74) is 0.675. The molecule has 3 nitrogen and oxygen atoms in total. The summed E-state index contributed by atoms with van der Waals surface area (Å²) in [4.78, 5) is 1.28. The highest BCUT2D eigenvalue weighted by Crippen LogP contribution is 2.25. The number of halogens is 4. The van der Waals surface area contributed by atoms with Crippen LogP contribution >= 0.6 is 15.9 Å². The van der Waals surface area contributed by atoms with E-state index in [4.69, 9.17) is 5.11 Å². The SMILES string of the molecule is CN(C[C@@H](O)C(F)(F)F)[C@H](CO)c1cccc(Br)c1. The van der Waals surface area contributed by atoms with Gasteiger partial charge in [0.25, 0.3) is 0 Å². The molecule has 19 heavy (non-hydrogen) atoms. The van der Waals surface area contributed by atoms with Gasteiger partial charge in [-0.1, -0.05) is 28.1 Å². The second kappa shape index (κ2) is 6.69. The number of rotatable bonds is 5. The second-order valence-electron chi connectivity index (χ2n) is 4.25. The van der Waals surface area contributed by atoms with Crippen LogP contribution in [0.25, 0.3) is 0 Å². The van der Waals surface area contributed by atoms with Crippen LogP contribution in [0.1, 0.15) is 11.6 Å². The van der Waals surface area contributed by atoms with Crippen molar-refractivity contribution in [2.45, 2.75) is 18.3 Å². The molecule has 0 aromatic heterocycles. The summed E-state index contributed by atoms with van der Waals surface area (Å²) >= 11 is 3.26. The van der Waals surface area contributed by atoms with E-state index in [2.05, 4.69) is 15.9 Å². The molecule has 0 aliphatic rings. The summed E-state index contributed by atoms with van der Waals surface area (Å²) in [7, 11) is 1.43. The van der Waals surface area contributed by atoms with Gasteiger partial charge in [-0.15, -0.1) is 0 Å². The molecule has 0 bridgehead atoms. The van der Waals surface area contributed by atoms with Crippen LogP contribution in [0.2, 0.25) is 0 Å². The van der Waals surface area contributed by atoms with Crippen molar-refractivity contribution in [3.05, 3.63) is 34.3 Å². The monoisotopic (exact) mass is 341 g/mol. The first-order chi connectivity index (χ1) is 8.75. The van der Waals surface area contributed by atoms with Crippen LogP contribution in [0.4, 0.5) is 13.2 Å². The van der Waals surface area contributed by atoms with Crippen LogP contribution in [0.15, 0.2) is 28.7 Å². The zero-order valence-corrected chi connectivity index (χ0v) is 11.8. The van der Waals surface area contributed by atoms with E-state index in [-0.39, 0.29) is 6.61 Å². The van der Waals surface area contributed by atoms with E-state index in [0.717, 1.165) is 4.47 Å². The summed E-state index contributed by atoms with van der Waals surface area (Å²) in [6.45, 7) is -0.932. The average Bonchev–Trinajstić information content (AvgIpc) is 2.28. The topological polar surface area (TPSA) is 43.7 Å². The van der Waals surface area contributed by atoms with Crippen molar-refractivity contribution in [1.82, 2.24) is 4.90 Å². The van der Waals surface area contributed by atoms with Gasteiger partial charge >= 0.3 is 6.18 Å². The van der Waals surface area contributed by atoms with Crippen molar-refractivity contribution in [2.75, 3.05) is 20.2 Å². The normalized spacial score (nSPS) is 15.6. The van der Waals surface area contributed by atoms with E-state index in [9.17, 15) is 18.3 Å². The Morgan fingerprint density at radius 1 is 1.37 bits per heavy atom. The Bertz CT molecular complexity index is 414. The van der Waals surface area contributed by atoms with Crippen LogP contribution in [-0.4, -0.2) is 47.6 Å². The number of nitrogens with zero attached hydrogens (tertiary/aromatic N) is 1. The van der Waals surface area contributed by atoms with Crippen LogP contribution < -0.4 is 0 Å². The van der Waals surface area contributed by atoms with Crippen LogP contribution in [0.5, 0.6) is 0 Å². The molecule has 1 aromatic rings. The fourth-order valence-electron chi connectivity index (χ4n) is 1.72. The summed E-state index contributed by atoms with van der Waals surface area (Å²) in [6, 6.07) is 6.34. The Morgan fingerprint density at radius 2 is 2.00 bits per heavy atom. The number of aliphatic hydroxyl groups excluding tert-OH is 2. The Labute approximate surface area is 117 Å². The predicted octanol–water partition coefficient (Wildman–Crippen LogP) is 2.34. The van der Waals surface area contributed by atoms with Crippen LogP contribution in [0.3, 0.4) is 0 Å². The molecule has 0 aliphatic carbocycles. The minimum absolute atomic E-state index is 0.336. The van der Waals surface area contributed by atoms with Gasteiger partial charge in [0.05, 0.1) is 12.6 Å². The molecule has 0 spiro atoms. The Kier molecular flexibility index (Phi) is 5.79. The first-order valence-electron chi connectivity index (χ1n) is 5.57. The lowest BCUT2D eigenvalue weighted by atomic mass is 10.1. The van der Waals surface area contributed by atoms with E-state index in [0.29, 0.717) is 5.56 Å². The smallest absolute Gasteiger partial charge is 0.394 e. The number of hydrogen-bond acceptors (Lipinski definition) is 3. The maximum absolute atomic E-state index is 12.3. The van der Waals surface area contributed by atoms with Gasteiger partial charge in [0.1, 0.15) is 0 Å². The van der Waals surface area contributed by atoms with Gasteiger partial charge in [-0.25, -0.2) is 0 Å². The van der Waals surface area contributed by atoms with Crippen molar-refractivity contribution in [3.8, 4) is 0 Å². The summed E-state index contributed by atoms with van der Waals surface area (Å²) in [5, 5.41) is 18.4. The first-order valence-corrected chi connectivity index (χ1v) is 6.36. The molecule has 0 radical (unpaired) electrons. The molecule has 0 fully saturated rings. The summed E-state index contributed by atoms with van der Waals surface area (Å²) in [5.74, 6) is 0. The van der Waals surface area contributed by atoms with Gasteiger partial charge in [-0.2, -0.15) is 13.2 Å². The van der Waals surface area contributed by atoms with Crippen LogP contribution in [0, 0.1) is 0 Å². The molecule has 0 saturated carbocycles. The fourth-order valence-corrected chi connectivity index (χ4v) is 2.13. The highest BCUT2D eigenvalue weighted by molar-refractivity contribution is 9.10. The van der Waals surface area contributed by atoms with Crippen molar-refractivity contribution < 1.29 is 23.4 Å². The van der Waals surface area contributed by atoms with E-state index in [1.807, 2.05) is 0 Å². The van der Waals surface area contributed by atoms with Crippen molar-refractivity contribution in [3.63, 3.8) is 0 Å². The zero-order chi connectivity index (χ0) is 14.6. The second-order valence-corrected chi connectivity index (χ2v) is 5.17. The quantitative estimate of drug-likeness (QED) is 0.863. The van der Waals surface area contributed by atoms with E-state index >= 15 is 0 Å². The Morgan fingerprint density at radius 3 is 2.47 bits per heavy atom. The molecule has 0 amide bonds. The lowest BCUT2D eigenvalue weighted by molar-refractivity contribution is -0.209. The summed E-state index contributed by atoms with van der Waals surface area (Å²) in [6.07, 6.45) is -7.09. The standard InChI is InChI=1S/C12H15BrF3NO2/c1-17(6-11(19)12(14,15)16)10(7-18)8-3-2-4-9(13)5-8/h2-5,10-11,18-19H,6-7H2,1H3/t10-,11-/m1/s1. The number of aliphatic hydroxyl groups is 2. The molecular formula is C12H15BrF3NO2. The number of hydrogen-bond donors (Lipinski definition) is 2. The highest BCUT2D eigenvalue weighted by atomic mass is 79.9. The molecule has 2 N–H and O–H groups in total. The van der Waals surface area contributed by atoms with Crippen molar-refractivity contribution in [1.29, 1.82) is 0 Å². The Balaban J connectivity index is 2.80. The van der Waals surface area contributed by atoms with Gasteiger partial charge < -0.3 is 10.2 Å². The van der Waals surface area contributed by atoms with Crippen molar-refractivity contribution >= 4 is 15.9 Å². The van der Waals surface area contributed by atoms with Crippen LogP contribution in [-0.2, 0) is 0 Å².